The lowest BCUT2D eigenvalue weighted by atomic mass is 9.85. The molecule has 0 unspecified atom stereocenters. The number of ether oxygens (including phenoxy) is 3. The van der Waals surface area contributed by atoms with Gasteiger partial charge in [0.1, 0.15) is 23.5 Å². The molecule has 54 heavy (non-hydrogen) atoms. The van der Waals surface area contributed by atoms with Gasteiger partial charge in [-0.2, -0.15) is 0 Å². The van der Waals surface area contributed by atoms with E-state index in [1.54, 1.807) is 70.7 Å². The van der Waals surface area contributed by atoms with Crippen molar-refractivity contribution in [3.05, 3.63) is 65.7 Å². The molecule has 2 aromatic carbocycles. The molecule has 1 fully saturated rings. The van der Waals surface area contributed by atoms with Crippen molar-refractivity contribution in [1.82, 2.24) is 25.8 Å². The van der Waals surface area contributed by atoms with E-state index >= 15 is 0 Å². The topological polar surface area (TPSA) is 202 Å². The number of carbonyl (C=O) groups excluding carboxylic acids is 4. The predicted octanol–water partition coefficient (Wildman–Crippen LogP) is 1.09. The van der Waals surface area contributed by atoms with Crippen LogP contribution >= 0.6 is 0 Å². The van der Waals surface area contributed by atoms with Gasteiger partial charge in [-0.05, 0) is 62.3 Å². The van der Waals surface area contributed by atoms with Crippen molar-refractivity contribution in [2.75, 3.05) is 53.0 Å². The molecule has 5 N–H and O–H groups in total. The van der Waals surface area contributed by atoms with Crippen molar-refractivity contribution in [3.63, 3.8) is 0 Å². The van der Waals surface area contributed by atoms with Crippen LogP contribution < -0.4 is 25.8 Å². The Morgan fingerprint density at radius 3 is 1.91 bits per heavy atom. The molecule has 1 saturated heterocycles. The largest absolute Gasteiger partial charge is 0.530 e. The second-order valence-corrected chi connectivity index (χ2v) is 15.6. The van der Waals surface area contributed by atoms with Gasteiger partial charge >= 0.3 is 6.09 Å². The maximum Gasteiger partial charge on any atom is 0.407 e. The zero-order valence-corrected chi connectivity index (χ0v) is 32.5. The van der Waals surface area contributed by atoms with Crippen LogP contribution in [0.1, 0.15) is 52.7 Å². The van der Waals surface area contributed by atoms with Crippen molar-refractivity contribution in [2.24, 2.45) is 5.41 Å². The third-order valence-corrected chi connectivity index (χ3v) is 8.81. The monoisotopic (exact) mass is 756 g/mol. The molecule has 0 aromatic heterocycles. The molecule has 4 amide bonds. The summed E-state index contributed by atoms with van der Waals surface area (Å²) in [6.45, 7) is 12.2. The van der Waals surface area contributed by atoms with Gasteiger partial charge in [0.2, 0.25) is 5.91 Å². The number of amides is 4. The summed E-state index contributed by atoms with van der Waals surface area (Å²) < 4.78 is 16.4. The first-order valence-corrected chi connectivity index (χ1v) is 18.3. The number of likely N-dealkylation sites (N-methyl/N-ethyl adjacent to an activating group) is 1. The lowest BCUT2D eigenvalue weighted by Crippen LogP contribution is -2.60. The van der Waals surface area contributed by atoms with Gasteiger partial charge in [-0.15, -0.1) is 0 Å². The second kappa shape index (κ2) is 20.3. The van der Waals surface area contributed by atoms with E-state index in [1.807, 2.05) is 30.3 Å². The molecule has 0 saturated carbocycles. The Labute approximate surface area is 318 Å². The minimum absolute atomic E-state index is 0.0295. The van der Waals surface area contributed by atoms with Crippen LogP contribution in [0.2, 0.25) is 0 Å². The van der Waals surface area contributed by atoms with Crippen LogP contribution in [0.5, 0.6) is 5.75 Å². The number of aliphatic hydroxyl groups is 2. The van der Waals surface area contributed by atoms with E-state index < -0.39 is 59.4 Å². The number of aliphatic hydroxyl groups excluding tert-OH is 2. The van der Waals surface area contributed by atoms with Gasteiger partial charge in [0.15, 0.2) is 6.61 Å². The summed E-state index contributed by atoms with van der Waals surface area (Å²) in [5, 5.41) is 43.2. The first-order chi connectivity index (χ1) is 25.3. The van der Waals surface area contributed by atoms with E-state index in [2.05, 4.69) is 16.0 Å². The Hall–Kier alpha value is -4.44. The Morgan fingerprint density at radius 2 is 1.39 bits per heavy atom. The first-order valence-electron chi connectivity index (χ1n) is 18.3. The molecular formula is C39H58N5O10-. The predicted molar refractivity (Wildman–Crippen MR) is 200 cm³/mol. The van der Waals surface area contributed by atoms with Gasteiger partial charge in [-0.25, -0.2) is 4.79 Å². The maximum absolute atomic E-state index is 13.7. The molecule has 300 valence electrons. The number of carboxylic acid groups (broad SMARTS) is 1. The SMILES string of the molecule is CN(C(=O)[O-])[C@H](C(=O)N[C@@H](Cc1ccc(OCC(=O)N2CCOCC2)cc1)[C@H](O)CNC[C@@H](O)[C@H](Cc1ccccc1)NC(=O)OC(C)(C)C)C(C)(C)C. The van der Waals surface area contributed by atoms with Crippen LogP contribution in [0.4, 0.5) is 9.59 Å². The van der Waals surface area contributed by atoms with Crippen LogP contribution in [0.15, 0.2) is 54.6 Å². The van der Waals surface area contributed by atoms with Crippen LogP contribution in [0, 0.1) is 5.41 Å². The fraction of sp³-hybridized carbons (Fsp3) is 0.590. The van der Waals surface area contributed by atoms with E-state index in [-0.39, 0.29) is 32.0 Å². The number of rotatable bonds is 17. The van der Waals surface area contributed by atoms with Crippen molar-refractivity contribution in [1.29, 1.82) is 0 Å². The number of hydrogen-bond donors (Lipinski definition) is 5. The van der Waals surface area contributed by atoms with Crippen molar-refractivity contribution < 1.29 is 48.7 Å². The molecule has 3 rings (SSSR count). The molecule has 1 heterocycles. The highest BCUT2D eigenvalue weighted by molar-refractivity contribution is 5.86. The first kappa shape index (κ1) is 44.0. The number of carbonyl (C=O) groups is 4. The highest BCUT2D eigenvalue weighted by Gasteiger charge is 2.37. The maximum atomic E-state index is 13.7. The highest BCUT2D eigenvalue weighted by Crippen LogP contribution is 2.24. The molecular weight excluding hydrogens is 698 g/mol. The molecule has 0 spiro atoms. The molecule has 1 aliphatic heterocycles. The molecule has 0 radical (unpaired) electrons. The van der Waals surface area contributed by atoms with Crippen LogP contribution in [-0.4, -0.2) is 133 Å². The second-order valence-electron chi connectivity index (χ2n) is 15.6. The number of benzene rings is 2. The molecule has 15 nitrogen and oxygen atoms in total. The zero-order chi connectivity index (χ0) is 40.1. The third kappa shape index (κ3) is 14.8. The van der Waals surface area contributed by atoms with E-state index in [1.165, 1.54) is 7.05 Å². The average molecular weight is 757 g/mol. The molecule has 0 aliphatic carbocycles. The molecule has 2 aromatic rings. The van der Waals surface area contributed by atoms with Gasteiger partial charge in [0, 0.05) is 33.2 Å². The molecule has 1 aliphatic rings. The van der Waals surface area contributed by atoms with Crippen molar-refractivity contribution >= 4 is 24.0 Å². The van der Waals surface area contributed by atoms with Crippen molar-refractivity contribution in [3.8, 4) is 5.75 Å². The van der Waals surface area contributed by atoms with E-state index in [0.29, 0.717) is 38.5 Å². The number of nitrogens with zero attached hydrogens (tertiary/aromatic N) is 2. The normalized spacial score (nSPS) is 16.3. The summed E-state index contributed by atoms with van der Waals surface area (Å²) in [6, 6.07) is 13.5. The Kier molecular flexibility index (Phi) is 16.5. The summed E-state index contributed by atoms with van der Waals surface area (Å²) in [5.74, 6) is -0.303. The average Bonchev–Trinajstić information content (AvgIpc) is 3.09. The van der Waals surface area contributed by atoms with Gasteiger partial charge in [0.05, 0.1) is 37.5 Å². The van der Waals surface area contributed by atoms with Gasteiger partial charge in [-0.3, -0.25) is 9.59 Å². The van der Waals surface area contributed by atoms with Gasteiger partial charge < -0.3 is 60.1 Å². The molecule has 5 atom stereocenters. The standard InChI is InChI=1S/C39H59N5O10/c1-38(2,3)34(43(7)37(50)51)35(48)41-29(22-27-13-15-28(16-14-27)53-25-33(47)44-17-19-52-20-18-44)31(45)23-40-24-32(46)30(21-26-11-9-8-10-12-26)42-36(49)54-39(4,5)6/h8-16,29-32,34,40,45-46H,17-25H2,1-7H3,(H,41,48)(H,42,49)(H,50,51)/p-1/t29-,30-,31+,32+,34+/m0/s1. The zero-order valence-electron chi connectivity index (χ0n) is 32.5. The summed E-state index contributed by atoms with van der Waals surface area (Å²) in [5.41, 5.74) is 0.0426. The summed E-state index contributed by atoms with van der Waals surface area (Å²) in [4.78, 5) is 53.2. The molecule has 0 bridgehead atoms. The fourth-order valence-electron chi connectivity index (χ4n) is 6.10. The van der Waals surface area contributed by atoms with Crippen LogP contribution in [-0.2, 0) is 31.9 Å². The highest BCUT2D eigenvalue weighted by atomic mass is 16.6. The van der Waals surface area contributed by atoms with Crippen molar-refractivity contribution in [2.45, 2.75) is 90.3 Å². The Balaban J connectivity index is 1.73. The number of morpholine rings is 1. The third-order valence-electron chi connectivity index (χ3n) is 8.81. The van der Waals surface area contributed by atoms with E-state index in [4.69, 9.17) is 14.2 Å². The van der Waals surface area contributed by atoms with Gasteiger partial charge in [-0.1, -0.05) is 63.2 Å². The number of alkyl carbamates (subject to hydrolysis) is 1. The van der Waals surface area contributed by atoms with Crippen LogP contribution in [0.25, 0.3) is 0 Å². The lowest BCUT2D eigenvalue weighted by molar-refractivity contribution is -0.267. The smallest absolute Gasteiger partial charge is 0.407 e. The van der Waals surface area contributed by atoms with Gasteiger partial charge in [0.25, 0.3) is 5.91 Å². The minimum atomic E-state index is -1.52. The Morgan fingerprint density at radius 1 is 0.852 bits per heavy atom. The lowest BCUT2D eigenvalue weighted by Gasteiger charge is -2.39. The summed E-state index contributed by atoms with van der Waals surface area (Å²) >= 11 is 0. The molecule has 15 heteroatoms. The quantitative estimate of drug-likeness (QED) is 0.155. The number of nitrogens with one attached hydrogen (secondary N) is 3. The summed E-state index contributed by atoms with van der Waals surface area (Å²) in [6.07, 6.45) is -4.05. The van der Waals surface area contributed by atoms with Crippen LogP contribution in [0.3, 0.4) is 0 Å². The number of hydrogen-bond acceptors (Lipinski definition) is 11. The Bertz CT molecular complexity index is 1490. The fourth-order valence-corrected chi connectivity index (χ4v) is 6.10. The van der Waals surface area contributed by atoms with E-state index in [9.17, 15) is 34.5 Å². The summed E-state index contributed by atoms with van der Waals surface area (Å²) in [7, 11) is 1.26. The van der Waals surface area contributed by atoms with E-state index in [0.717, 1.165) is 16.0 Å². The minimum Gasteiger partial charge on any atom is -0.530 e.